The topological polar surface area (TPSA) is 112 Å². The van der Waals surface area contributed by atoms with E-state index in [9.17, 15) is 4.79 Å². The van der Waals surface area contributed by atoms with Crippen LogP contribution in [0.5, 0.6) is 5.75 Å². The molecule has 33 heavy (non-hydrogen) atoms. The van der Waals surface area contributed by atoms with E-state index in [0.29, 0.717) is 36.1 Å². The number of nitrogens with one attached hydrogen (secondary N) is 2. The van der Waals surface area contributed by atoms with Gasteiger partial charge in [0.2, 0.25) is 0 Å². The molecular weight excluding hydrogens is 420 g/mol. The van der Waals surface area contributed by atoms with Crippen LogP contribution >= 0.6 is 0 Å². The maximum Gasteiger partial charge on any atom is 0.269 e. The lowest BCUT2D eigenvalue weighted by atomic mass is 10.1. The molecule has 4 rings (SSSR count). The van der Waals surface area contributed by atoms with Gasteiger partial charge in [-0.2, -0.15) is 5.10 Å². The van der Waals surface area contributed by atoms with Crippen molar-refractivity contribution in [3.8, 4) is 22.8 Å². The average molecular weight is 447 g/mol. The molecule has 0 aliphatic carbocycles. The van der Waals surface area contributed by atoms with Gasteiger partial charge < -0.3 is 15.4 Å². The fraction of sp³-hybridized carbons (Fsp3) is 0.261. The number of methoxy groups -OCH3 is 1. The van der Waals surface area contributed by atoms with Crippen molar-refractivity contribution in [1.82, 2.24) is 34.6 Å². The summed E-state index contributed by atoms with van der Waals surface area (Å²) in [5.74, 6) is 3.45. The number of aryl methyl sites for hydroxylation is 3. The second-order valence-corrected chi connectivity index (χ2v) is 7.46. The summed E-state index contributed by atoms with van der Waals surface area (Å²) in [7, 11) is 3.37. The number of ether oxygens (including phenoxy) is 1. The predicted octanol–water partition coefficient (Wildman–Crippen LogP) is 2.53. The molecular formula is C23H26N8O2. The summed E-state index contributed by atoms with van der Waals surface area (Å²) in [6, 6.07) is 11.2. The van der Waals surface area contributed by atoms with Crippen LogP contribution < -0.4 is 15.4 Å². The second kappa shape index (κ2) is 9.51. The molecule has 0 aliphatic rings. The third-order valence-electron chi connectivity index (χ3n) is 5.09. The first-order chi connectivity index (χ1) is 15.9. The van der Waals surface area contributed by atoms with Crippen molar-refractivity contribution in [3.63, 3.8) is 0 Å². The number of imidazole rings is 1. The third-order valence-corrected chi connectivity index (χ3v) is 5.09. The zero-order chi connectivity index (χ0) is 23.4. The molecule has 4 aromatic rings. The van der Waals surface area contributed by atoms with Gasteiger partial charge in [-0.25, -0.2) is 15.0 Å². The summed E-state index contributed by atoms with van der Waals surface area (Å²) in [4.78, 5) is 25.8. The zero-order valence-electron chi connectivity index (χ0n) is 19.0. The highest BCUT2D eigenvalue weighted by Crippen LogP contribution is 2.23. The molecule has 2 N–H and O–H groups in total. The highest BCUT2D eigenvalue weighted by molar-refractivity contribution is 5.93. The fourth-order valence-electron chi connectivity index (χ4n) is 3.45. The lowest BCUT2D eigenvalue weighted by molar-refractivity contribution is 0.0946. The summed E-state index contributed by atoms with van der Waals surface area (Å²) in [6.07, 6.45) is 3.59. The van der Waals surface area contributed by atoms with Crippen molar-refractivity contribution in [2.75, 3.05) is 25.5 Å². The monoisotopic (exact) mass is 446 g/mol. The predicted molar refractivity (Wildman–Crippen MR) is 125 cm³/mol. The number of amides is 1. The van der Waals surface area contributed by atoms with Crippen LogP contribution in [-0.2, 0) is 7.05 Å². The molecule has 10 nitrogen and oxygen atoms in total. The summed E-state index contributed by atoms with van der Waals surface area (Å²) >= 11 is 0. The number of hydrogen-bond acceptors (Lipinski definition) is 7. The molecule has 3 aromatic heterocycles. The van der Waals surface area contributed by atoms with Gasteiger partial charge in [0.25, 0.3) is 5.91 Å². The van der Waals surface area contributed by atoms with Crippen LogP contribution in [0.4, 0.5) is 5.82 Å². The van der Waals surface area contributed by atoms with Crippen LogP contribution in [0.3, 0.4) is 0 Å². The molecule has 0 atom stereocenters. The van der Waals surface area contributed by atoms with Crippen LogP contribution in [0.2, 0.25) is 0 Å². The van der Waals surface area contributed by atoms with E-state index < -0.39 is 0 Å². The largest absolute Gasteiger partial charge is 0.497 e. The lowest BCUT2D eigenvalue weighted by Gasteiger charge is -2.10. The number of carbonyl (C=O) groups is 1. The van der Waals surface area contributed by atoms with Crippen molar-refractivity contribution in [2.45, 2.75) is 13.8 Å². The number of anilines is 1. The molecule has 0 bridgehead atoms. The Morgan fingerprint density at radius 3 is 2.73 bits per heavy atom. The van der Waals surface area contributed by atoms with Gasteiger partial charge in [-0.15, -0.1) is 0 Å². The van der Waals surface area contributed by atoms with Crippen LogP contribution in [-0.4, -0.2) is 55.4 Å². The summed E-state index contributed by atoms with van der Waals surface area (Å²) in [5, 5.41) is 10.6. The molecule has 0 fully saturated rings. The van der Waals surface area contributed by atoms with Crippen molar-refractivity contribution in [1.29, 1.82) is 0 Å². The quantitative estimate of drug-likeness (QED) is 0.400. The fourth-order valence-corrected chi connectivity index (χ4v) is 3.45. The lowest BCUT2D eigenvalue weighted by Crippen LogP contribution is -2.30. The standard InChI is InChI=1S/C23H26N8O2/c1-15-27-21(14-22(28-15)31-11-10-24-16(31)2)25-8-9-26-23(32)20-13-19(29-30(20)3)17-6-5-7-18(12-17)33-4/h5-7,10-14H,8-9H2,1-4H3,(H,26,32)(H,25,27,28). The van der Waals surface area contributed by atoms with Crippen LogP contribution in [0.15, 0.2) is 48.8 Å². The molecule has 0 spiro atoms. The first-order valence-corrected chi connectivity index (χ1v) is 10.5. The number of carbonyl (C=O) groups excluding carboxylic acids is 1. The molecule has 1 amide bonds. The Bertz CT molecular complexity index is 1280. The molecule has 1 aromatic carbocycles. The van der Waals surface area contributed by atoms with Gasteiger partial charge in [-0.05, 0) is 32.0 Å². The van der Waals surface area contributed by atoms with E-state index in [4.69, 9.17) is 4.74 Å². The van der Waals surface area contributed by atoms with Gasteiger partial charge in [-0.1, -0.05) is 12.1 Å². The smallest absolute Gasteiger partial charge is 0.269 e. The van der Waals surface area contributed by atoms with E-state index in [2.05, 4.69) is 30.7 Å². The summed E-state index contributed by atoms with van der Waals surface area (Å²) in [5.41, 5.74) is 2.07. The number of aromatic nitrogens is 6. The van der Waals surface area contributed by atoms with E-state index in [1.807, 2.05) is 54.9 Å². The number of rotatable bonds is 8. The minimum atomic E-state index is -0.199. The Kier molecular flexibility index (Phi) is 6.34. The van der Waals surface area contributed by atoms with Gasteiger partial charge in [0.15, 0.2) is 0 Å². The molecule has 3 heterocycles. The molecule has 0 radical (unpaired) electrons. The average Bonchev–Trinajstić information content (AvgIpc) is 3.42. The zero-order valence-corrected chi connectivity index (χ0v) is 19.0. The highest BCUT2D eigenvalue weighted by Gasteiger charge is 2.14. The van der Waals surface area contributed by atoms with E-state index in [0.717, 1.165) is 23.0 Å². The van der Waals surface area contributed by atoms with Gasteiger partial charge >= 0.3 is 0 Å². The maximum atomic E-state index is 12.7. The van der Waals surface area contributed by atoms with Gasteiger partial charge in [0, 0.05) is 44.2 Å². The Balaban J connectivity index is 1.36. The number of benzene rings is 1. The summed E-state index contributed by atoms with van der Waals surface area (Å²) < 4.78 is 8.74. The van der Waals surface area contributed by atoms with Crippen LogP contribution in [0, 0.1) is 13.8 Å². The second-order valence-electron chi connectivity index (χ2n) is 7.46. The van der Waals surface area contributed by atoms with Crippen LogP contribution in [0.1, 0.15) is 22.1 Å². The molecule has 0 unspecified atom stereocenters. The van der Waals surface area contributed by atoms with Crippen molar-refractivity contribution < 1.29 is 9.53 Å². The molecule has 10 heteroatoms. The van der Waals surface area contributed by atoms with Crippen LogP contribution in [0.25, 0.3) is 17.1 Å². The SMILES string of the molecule is COc1cccc(-c2cc(C(=O)NCCNc3cc(-n4ccnc4C)nc(C)n3)n(C)n2)c1. The van der Waals surface area contributed by atoms with Crippen molar-refractivity contribution in [3.05, 3.63) is 66.1 Å². The van der Waals surface area contributed by atoms with Crippen molar-refractivity contribution in [2.24, 2.45) is 7.05 Å². The maximum absolute atomic E-state index is 12.7. The highest BCUT2D eigenvalue weighted by atomic mass is 16.5. The van der Waals surface area contributed by atoms with E-state index in [1.165, 1.54) is 0 Å². The summed E-state index contributed by atoms with van der Waals surface area (Å²) in [6.45, 7) is 4.68. The normalized spacial score (nSPS) is 10.8. The number of nitrogens with zero attached hydrogens (tertiary/aromatic N) is 6. The minimum absolute atomic E-state index is 0.199. The minimum Gasteiger partial charge on any atom is -0.497 e. The Morgan fingerprint density at radius 2 is 1.97 bits per heavy atom. The van der Waals surface area contributed by atoms with Crippen molar-refractivity contribution >= 4 is 11.7 Å². The van der Waals surface area contributed by atoms with Gasteiger partial charge in [0.1, 0.15) is 34.7 Å². The Hall–Kier alpha value is -4.21. The Morgan fingerprint density at radius 1 is 1.12 bits per heavy atom. The molecule has 0 saturated heterocycles. The molecule has 0 aliphatic heterocycles. The Labute approximate surface area is 191 Å². The molecule has 170 valence electrons. The molecule has 0 saturated carbocycles. The van der Waals surface area contributed by atoms with Gasteiger partial charge in [0.05, 0.1) is 12.8 Å². The van der Waals surface area contributed by atoms with Gasteiger partial charge in [-0.3, -0.25) is 14.0 Å². The van der Waals surface area contributed by atoms with E-state index in [1.54, 1.807) is 31.1 Å². The first-order valence-electron chi connectivity index (χ1n) is 10.5. The number of hydrogen-bond donors (Lipinski definition) is 2. The van der Waals surface area contributed by atoms with E-state index in [-0.39, 0.29) is 5.91 Å². The third kappa shape index (κ3) is 5.00. The van der Waals surface area contributed by atoms with E-state index >= 15 is 0 Å². The first kappa shape index (κ1) is 22.0.